The summed E-state index contributed by atoms with van der Waals surface area (Å²) in [5.74, 6) is 1.36. The van der Waals surface area contributed by atoms with Crippen molar-refractivity contribution in [1.29, 1.82) is 0 Å². The van der Waals surface area contributed by atoms with Crippen molar-refractivity contribution in [3.63, 3.8) is 0 Å². The van der Waals surface area contributed by atoms with Crippen molar-refractivity contribution >= 4 is 11.8 Å². The van der Waals surface area contributed by atoms with Crippen molar-refractivity contribution in [2.75, 3.05) is 19.7 Å². The molecular formula is C23H30N2O4. The monoisotopic (exact) mass is 398 g/mol. The first-order valence-corrected chi connectivity index (χ1v) is 10.4. The molecule has 0 radical (unpaired) electrons. The molecule has 3 rings (SSSR count). The van der Waals surface area contributed by atoms with Crippen LogP contribution in [0.15, 0.2) is 47.1 Å². The molecule has 156 valence electrons. The van der Waals surface area contributed by atoms with Gasteiger partial charge in [-0.15, -0.1) is 0 Å². The number of likely N-dealkylation sites (tertiary alicyclic amines) is 1. The van der Waals surface area contributed by atoms with Crippen LogP contribution in [-0.2, 0) is 11.2 Å². The van der Waals surface area contributed by atoms with E-state index in [4.69, 9.17) is 9.15 Å². The molecule has 1 fully saturated rings. The maximum absolute atomic E-state index is 12.6. The third-order valence-corrected chi connectivity index (χ3v) is 5.46. The number of nitrogens with zero attached hydrogens (tertiary/aromatic N) is 1. The van der Waals surface area contributed by atoms with Gasteiger partial charge in [0.15, 0.2) is 5.76 Å². The Balaban J connectivity index is 1.40. The zero-order valence-corrected chi connectivity index (χ0v) is 17.2. The molecule has 2 heterocycles. The van der Waals surface area contributed by atoms with Crippen LogP contribution < -0.4 is 10.1 Å². The van der Waals surface area contributed by atoms with Gasteiger partial charge in [-0.1, -0.05) is 12.1 Å². The molecule has 0 spiro atoms. The third-order valence-electron chi connectivity index (χ3n) is 5.46. The molecular weight excluding hydrogens is 368 g/mol. The van der Waals surface area contributed by atoms with E-state index in [1.807, 2.05) is 24.0 Å². The first-order valence-electron chi connectivity index (χ1n) is 10.4. The maximum Gasteiger partial charge on any atom is 0.287 e. The minimum atomic E-state index is -0.562. The molecule has 1 N–H and O–H groups in total. The second kappa shape index (κ2) is 10.1. The normalized spacial score (nSPS) is 15.7. The summed E-state index contributed by atoms with van der Waals surface area (Å²) in [6.45, 7) is 5.88. The van der Waals surface area contributed by atoms with Crippen LogP contribution >= 0.6 is 0 Å². The molecule has 1 unspecified atom stereocenters. The summed E-state index contributed by atoms with van der Waals surface area (Å²) in [5, 5.41) is 2.72. The predicted molar refractivity (Wildman–Crippen MR) is 111 cm³/mol. The smallest absolute Gasteiger partial charge is 0.287 e. The van der Waals surface area contributed by atoms with Crippen molar-refractivity contribution in [2.24, 2.45) is 5.92 Å². The largest absolute Gasteiger partial charge is 0.494 e. The molecule has 0 saturated carbocycles. The quantitative estimate of drug-likeness (QED) is 0.736. The summed E-state index contributed by atoms with van der Waals surface area (Å²) < 4.78 is 10.6. The van der Waals surface area contributed by atoms with Gasteiger partial charge in [-0.2, -0.15) is 0 Å². The van der Waals surface area contributed by atoms with Crippen molar-refractivity contribution in [3.8, 4) is 5.75 Å². The molecule has 29 heavy (non-hydrogen) atoms. The van der Waals surface area contributed by atoms with Gasteiger partial charge in [0, 0.05) is 13.1 Å². The molecule has 0 aliphatic carbocycles. The summed E-state index contributed by atoms with van der Waals surface area (Å²) in [6, 6.07) is 11.0. The Morgan fingerprint density at radius 1 is 1.21 bits per heavy atom. The number of rotatable bonds is 8. The molecule has 6 heteroatoms. The Morgan fingerprint density at radius 3 is 2.55 bits per heavy atom. The number of aryl methyl sites for hydroxylation is 1. The molecule has 6 nitrogen and oxygen atoms in total. The number of nitrogens with one attached hydrogen (secondary N) is 1. The van der Waals surface area contributed by atoms with Gasteiger partial charge in [0.25, 0.3) is 5.91 Å². The Hall–Kier alpha value is -2.76. The molecule has 2 aromatic rings. The lowest BCUT2D eigenvalue weighted by Gasteiger charge is -2.33. The minimum absolute atomic E-state index is 0.0325. The second-order valence-corrected chi connectivity index (χ2v) is 7.56. The Labute approximate surface area is 172 Å². The predicted octanol–water partition coefficient (Wildman–Crippen LogP) is 3.67. The topological polar surface area (TPSA) is 71.8 Å². The van der Waals surface area contributed by atoms with Crippen LogP contribution in [0.25, 0.3) is 0 Å². The van der Waals surface area contributed by atoms with Crippen molar-refractivity contribution in [2.45, 2.75) is 45.6 Å². The highest BCUT2D eigenvalue weighted by Gasteiger charge is 2.27. The Bertz CT molecular complexity index is 778. The van der Waals surface area contributed by atoms with Crippen LogP contribution in [-0.4, -0.2) is 42.5 Å². The Morgan fingerprint density at radius 2 is 1.93 bits per heavy atom. The lowest BCUT2D eigenvalue weighted by molar-refractivity contribution is -0.134. The van der Waals surface area contributed by atoms with E-state index < -0.39 is 6.04 Å². The van der Waals surface area contributed by atoms with Crippen LogP contribution in [0.2, 0.25) is 0 Å². The SMILES string of the molecule is CCOc1ccc(CCC2CCN(C(=O)C(C)NC(=O)c3ccco3)CC2)cc1. The minimum Gasteiger partial charge on any atom is -0.494 e. The second-order valence-electron chi connectivity index (χ2n) is 7.56. The Kier molecular flexibility index (Phi) is 7.33. The van der Waals surface area contributed by atoms with Crippen molar-refractivity contribution in [3.05, 3.63) is 54.0 Å². The van der Waals surface area contributed by atoms with Gasteiger partial charge in [0.1, 0.15) is 11.8 Å². The fourth-order valence-electron chi connectivity index (χ4n) is 3.74. The van der Waals surface area contributed by atoms with E-state index in [2.05, 4.69) is 17.4 Å². The first-order chi connectivity index (χ1) is 14.1. The number of furan rings is 1. The molecule has 1 aliphatic rings. The zero-order valence-electron chi connectivity index (χ0n) is 17.2. The first kappa shape index (κ1) is 21.0. The van der Waals surface area contributed by atoms with Crippen LogP contribution in [0.1, 0.15) is 49.2 Å². The molecule has 1 aliphatic heterocycles. The van der Waals surface area contributed by atoms with E-state index in [1.54, 1.807) is 19.1 Å². The van der Waals surface area contributed by atoms with Gasteiger partial charge in [-0.3, -0.25) is 9.59 Å². The van der Waals surface area contributed by atoms with Gasteiger partial charge in [0.2, 0.25) is 5.91 Å². The fourth-order valence-corrected chi connectivity index (χ4v) is 3.74. The third kappa shape index (κ3) is 5.86. The van der Waals surface area contributed by atoms with E-state index in [-0.39, 0.29) is 17.6 Å². The van der Waals surface area contributed by atoms with Gasteiger partial charge in [-0.25, -0.2) is 0 Å². The van der Waals surface area contributed by atoms with E-state index in [0.29, 0.717) is 12.5 Å². The van der Waals surface area contributed by atoms with E-state index >= 15 is 0 Å². The van der Waals surface area contributed by atoms with Crippen molar-refractivity contribution in [1.82, 2.24) is 10.2 Å². The fraction of sp³-hybridized carbons (Fsp3) is 0.478. The van der Waals surface area contributed by atoms with Crippen molar-refractivity contribution < 1.29 is 18.7 Å². The maximum atomic E-state index is 12.6. The van der Waals surface area contributed by atoms with E-state index in [1.165, 1.54) is 11.8 Å². The van der Waals surface area contributed by atoms with Crippen LogP contribution in [0, 0.1) is 5.92 Å². The summed E-state index contributed by atoms with van der Waals surface area (Å²) >= 11 is 0. The summed E-state index contributed by atoms with van der Waals surface area (Å²) in [6.07, 6.45) is 5.62. The van der Waals surface area contributed by atoms with Crippen LogP contribution in [0.3, 0.4) is 0 Å². The number of ether oxygens (including phenoxy) is 1. The number of hydrogen-bond donors (Lipinski definition) is 1. The number of carbonyl (C=O) groups is 2. The van der Waals surface area contributed by atoms with Gasteiger partial charge in [-0.05, 0) is 75.3 Å². The zero-order chi connectivity index (χ0) is 20.6. The van der Waals surface area contributed by atoms with Gasteiger partial charge >= 0.3 is 0 Å². The molecule has 1 saturated heterocycles. The molecule has 0 bridgehead atoms. The molecule has 1 aromatic heterocycles. The highest BCUT2D eigenvalue weighted by Crippen LogP contribution is 2.23. The summed E-state index contributed by atoms with van der Waals surface area (Å²) in [4.78, 5) is 26.6. The lowest BCUT2D eigenvalue weighted by atomic mass is 9.90. The lowest BCUT2D eigenvalue weighted by Crippen LogP contribution is -2.49. The number of benzene rings is 1. The molecule has 2 amide bonds. The molecule has 1 aromatic carbocycles. The standard InChI is InChI=1S/C23H30N2O4/c1-3-28-20-10-8-18(9-11-20)6-7-19-12-14-25(15-13-19)23(27)17(2)24-22(26)21-5-4-16-29-21/h4-5,8-11,16-17,19H,3,6-7,12-15H2,1-2H3,(H,24,26). The summed E-state index contributed by atoms with van der Waals surface area (Å²) in [5.41, 5.74) is 1.32. The highest BCUT2D eigenvalue weighted by molar-refractivity contribution is 5.95. The average Bonchev–Trinajstić information content (AvgIpc) is 3.28. The summed E-state index contributed by atoms with van der Waals surface area (Å²) in [7, 11) is 0. The number of hydrogen-bond acceptors (Lipinski definition) is 4. The van der Waals surface area contributed by atoms with E-state index in [9.17, 15) is 9.59 Å². The van der Waals surface area contributed by atoms with Gasteiger partial charge < -0.3 is 19.4 Å². The molecule has 1 atom stereocenters. The number of piperidine rings is 1. The van der Waals surface area contributed by atoms with Crippen LogP contribution in [0.4, 0.5) is 0 Å². The van der Waals surface area contributed by atoms with Gasteiger partial charge in [0.05, 0.1) is 12.9 Å². The number of carbonyl (C=O) groups excluding carboxylic acids is 2. The number of amides is 2. The average molecular weight is 399 g/mol. The van der Waals surface area contributed by atoms with Crippen LogP contribution in [0.5, 0.6) is 5.75 Å². The highest BCUT2D eigenvalue weighted by atomic mass is 16.5. The van der Waals surface area contributed by atoms with E-state index in [0.717, 1.165) is 44.5 Å².